The summed E-state index contributed by atoms with van der Waals surface area (Å²) in [6.07, 6.45) is 5.65. The molecular weight excluding hydrogens is 238 g/mol. The van der Waals surface area contributed by atoms with Crippen LogP contribution in [0.3, 0.4) is 0 Å². The van der Waals surface area contributed by atoms with E-state index in [1.807, 2.05) is 6.07 Å². The number of hydrogen-bond donors (Lipinski definition) is 2. The highest BCUT2D eigenvalue weighted by Crippen LogP contribution is 2.41. The summed E-state index contributed by atoms with van der Waals surface area (Å²) < 4.78 is 0. The van der Waals surface area contributed by atoms with E-state index < -0.39 is 0 Å². The molecule has 1 aromatic rings. The first-order valence-corrected chi connectivity index (χ1v) is 7.47. The number of fused-ring (bicyclic) bond motifs is 2. The zero-order valence-corrected chi connectivity index (χ0v) is 11.6. The Morgan fingerprint density at radius 1 is 1.26 bits per heavy atom. The molecule has 1 fully saturated rings. The van der Waals surface area contributed by atoms with Gasteiger partial charge >= 0.3 is 0 Å². The van der Waals surface area contributed by atoms with E-state index in [0.717, 1.165) is 18.4 Å². The summed E-state index contributed by atoms with van der Waals surface area (Å²) in [5.41, 5.74) is 2.21. The van der Waals surface area contributed by atoms with Crippen molar-refractivity contribution < 1.29 is 10.2 Å². The molecule has 1 aliphatic carbocycles. The number of nitrogens with zero attached hydrogens (tertiary/aromatic N) is 1. The van der Waals surface area contributed by atoms with Crippen molar-refractivity contribution in [3.63, 3.8) is 0 Å². The SMILES string of the molecule is CCCN1CCC[C@@H]2Cc3c(ccc(O)c3O)C[C@H]21. The Balaban J connectivity index is 1.90. The molecule has 3 heteroatoms. The van der Waals surface area contributed by atoms with Crippen molar-refractivity contribution in [3.05, 3.63) is 23.3 Å². The highest BCUT2D eigenvalue weighted by molar-refractivity contribution is 5.50. The number of benzene rings is 1. The fourth-order valence-electron chi connectivity index (χ4n) is 3.88. The minimum Gasteiger partial charge on any atom is -0.504 e. The van der Waals surface area contributed by atoms with Crippen LogP contribution in [-0.4, -0.2) is 34.2 Å². The van der Waals surface area contributed by atoms with Crippen molar-refractivity contribution in [2.45, 2.75) is 45.1 Å². The number of likely N-dealkylation sites (tertiary alicyclic amines) is 1. The molecule has 3 nitrogen and oxygen atoms in total. The maximum absolute atomic E-state index is 10.0. The van der Waals surface area contributed by atoms with Gasteiger partial charge in [-0.15, -0.1) is 0 Å². The monoisotopic (exact) mass is 261 g/mol. The van der Waals surface area contributed by atoms with Crippen LogP contribution < -0.4 is 0 Å². The fourth-order valence-corrected chi connectivity index (χ4v) is 3.88. The maximum atomic E-state index is 10.0. The quantitative estimate of drug-likeness (QED) is 0.804. The number of hydrogen-bond acceptors (Lipinski definition) is 3. The van der Waals surface area contributed by atoms with Gasteiger partial charge in [-0.05, 0) is 62.7 Å². The zero-order valence-electron chi connectivity index (χ0n) is 11.6. The molecule has 0 saturated carbocycles. The van der Waals surface area contributed by atoms with Gasteiger partial charge in [-0.1, -0.05) is 13.0 Å². The average molecular weight is 261 g/mol. The van der Waals surface area contributed by atoms with Crippen molar-refractivity contribution in [1.29, 1.82) is 0 Å². The van der Waals surface area contributed by atoms with Crippen molar-refractivity contribution in [2.75, 3.05) is 13.1 Å². The van der Waals surface area contributed by atoms with E-state index in [-0.39, 0.29) is 11.5 Å². The molecule has 2 aliphatic rings. The topological polar surface area (TPSA) is 43.7 Å². The summed E-state index contributed by atoms with van der Waals surface area (Å²) in [7, 11) is 0. The van der Waals surface area contributed by atoms with Crippen LogP contribution in [0.1, 0.15) is 37.3 Å². The van der Waals surface area contributed by atoms with E-state index in [4.69, 9.17) is 0 Å². The predicted octanol–water partition coefficient (Wildman–Crippen LogP) is 2.69. The molecule has 1 aliphatic heterocycles. The van der Waals surface area contributed by atoms with Crippen LogP contribution in [0.25, 0.3) is 0 Å². The third-order valence-electron chi connectivity index (χ3n) is 4.80. The molecule has 1 heterocycles. The summed E-state index contributed by atoms with van der Waals surface area (Å²) in [5.74, 6) is 0.780. The molecule has 1 aromatic carbocycles. The number of rotatable bonds is 2. The number of aromatic hydroxyl groups is 2. The molecule has 104 valence electrons. The number of phenolic OH excluding ortho intramolecular Hbond substituents is 2. The molecular formula is C16H23NO2. The van der Waals surface area contributed by atoms with E-state index >= 15 is 0 Å². The van der Waals surface area contributed by atoms with Crippen LogP contribution in [-0.2, 0) is 12.8 Å². The lowest BCUT2D eigenvalue weighted by atomic mass is 9.75. The van der Waals surface area contributed by atoms with Crippen molar-refractivity contribution in [3.8, 4) is 11.5 Å². The maximum Gasteiger partial charge on any atom is 0.160 e. The van der Waals surface area contributed by atoms with Gasteiger partial charge in [0.05, 0.1) is 0 Å². The minimum atomic E-state index is 0.0263. The van der Waals surface area contributed by atoms with Crippen LogP contribution in [0.2, 0.25) is 0 Å². The van der Waals surface area contributed by atoms with Gasteiger partial charge < -0.3 is 10.2 Å². The average Bonchev–Trinajstić information content (AvgIpc) is 2.42. The van der Waals surface area contributed by atoms with E-state index in [1.54, 1.807) is 6.07 Å². The summed E-state index contributed by atoms with van der Waals surface area (Å²) in [6.45, 7) is 4.64. The van der Waals surface area contributed by atoms with Gasteiger partial charge in [-0.3, -0.25) is 4.90 Å². The lowest BCUT2D eigenvalue weighted by molar-refractivity contribution is 0.0848. The smallest absolute Gasteiger partial charge is 0.160 e. The molecule has 0 aromatic heterocycles. The van der Waals surface area contributed by atoms with Crippen LogP contribution in [0.4, 0.5) is 0 Å². The third-order valence-corrected chi connectivity index (χ3v) is 4.80. The van der Waals surface area contributed by atoms with Gasteiger partial charge in [0.1, 0.15) is 0 Å². The third kappa shape index (κ3) is 2.20. The van der Waals surface area contributed by atoms with E-state index in [2.05, 4.69) is 11.8 Å². The molecule has 2 N–H and O–H groups in total. The lowest BCUT2D eigenvalue weighted by Gasteiger charge is -2.44. The van der Waals surface area contributed by atoms with Gasteiger partial charge in [0.2, 0.25) is 0 Å². The van der Waals surface area contributed by atoms with Crippen molar-refractivity contribution in [1.82, 2.24) is 4.90 Å². The van der Waals surface area contributed by atoms with Crippen molar-refractivity contribution in [2.24, 2.45) is 5.92 Å². The van der Waals surface area contributed by atoms with Gasteiger partial charge in [-0.25, -0.2) is 0 Å². The molecule has 2 atom stereocenters. The highest BCUT2D eigenvalue weighted by Gasteiger charge is 2.36. The Morgan fingerprint density at radius 2 is 2.11 bits per heavy atom. The van der Waals surface area contributed by atoms with Crippen LogP contribution >= 0.6 is 0 Å². The molecule has 0 unspecified atom stereocenters. The second-order valence-electron chi connectivity index (χ2n) is 5.98. The van der Waals surface area contributed by atoms with Gasteiger partial charge in [0.25, 0.3) is 0 Å². The minimum absolute atomic E-state index is 0.0263. The molecule has 0 bridgehead atoms. The van der Waals surface area contributed by atoms with Gasteiger partial charge in [-0.2, -0.15) is 0 Å². The largest absolute Gasteiger partial charge is 0.504 e. The summed E-state index contributed by atoms with van der Waals surface area (Å²) in [4.78, 5) is 2.63. The molecule has 3 rings (SSSR count). The highest BCUT2D eigenvalue weighted by atomic mass is 16.3. The Bertz CT molecular complexity index is 470. The Labute approximate surface area is 114 Å². The number of phenols is 2. The van der Waals surface area contributed by atoms with Gasteiger partial charge in [0, 0.05) is 11.6 Å². The first-order valence-electron chi connectivity index (χ1n) is 7.47. The first kappa shape index (κ1) is 12.8. The summed E-state index contributed by atoms with van der Waals surface area (Å²) in [6, 6.07) is 4.24. The normalized spacial score (nSPS) is 26.8. The Kier molecular flexibility index (Phi) is 3.40. The fraction of sp³-hybridized carbons (Fsp3) is 0.625. The lowest BCUT2D eigenvalue weighted by Crippen LogP contribution is -2.49. The van der Waals surface area contributed by atoms with Crippen molar-refractivity contribution >= 4 is 0 Å². The molecule has 0 spiro atoms. The standard InChI is InChI=1S/C16H23NO2/c1-2-7-17-8-3-4-12-9-13-11(10-14(12)17)5-6-15(18)16(13)19/h5-6,12,14,18-19H,2-4,7-10H2,1H3/t12-,14-/m1/s1. The second kappa shape index (κ2) is 5.04. The second-order valence-corrected chi connectivity index (χ2v) is 5.98. The predicted molar refractivity (Wildman–Crippen MR) is 75.6 cm³/mol. The molecule has 0 radical (unpaired) electrons. The molecule has 1 saturated heterocycles. The zero-order chi connectivity index (χ0) is 13.4. The van der Waals surface area contributed by atoms with Crippen LogP contribution in [0, 0.1) is 5.92 Å². The molecule has 0 amide bonds. The first-order chi connectivity index (χ1) is 9.20. The van der Waals surface area contributed by atoms with E-state index in [0.29, 0.717) is 12.0 Å². The Hall–Kier alpha value is -1.22. The van der Waals surface area contributed by atoms with Gasteiger partial charge in [0.15, 0.2) is 11.5 Å². The van der Waals surface area contributed by atoms with E-state index in [1.165, 1.54) is 37.9 Å². The van der Waals surface area contributed by atoms with E-state index in [9.17, 15) is 10.2 Å². The Morgan fingerprint density at radius 3 is 2.89 bits per heavy atom. The molecule has 19 heavy (non-hydrogen) atoms. The van der Waals surface area contributed by atoms with Crippen LogP contribution in [0.5, 0.6) is 11.5 Å². The summed E-state index contributed by atoms with van der Waals surface area (Å²) >= 11 is 0. The number of piperidine rings is 1. The summed E-state index contributed by atoms with van der Waals surface area (Å²) in [5, 5.41) is 19.7. The van der Waals surface area contributed by atoms with Crippen LogP contribution in [0.15, 0.2) is 12.1 Å².